The molecule has 29 heavy (non-hydrogen) atoms. The van der Waals surface area contributed by atoms with Crippen molar-refractivity contribution in [3.63, 3.8) is 0 Å². The standard InChI is InChI=1S/C21H19N3O3S2/c1-3-22-15-11-7-8-12-16(15)29-20(22)18-19(26)24(14-9-5-4-6-10-14)21(28)23(18)13-17(25)27-2/h4-12H,3,13H2,1-2H3. The number of nitrogens with zero attached hydrogens (tertiary/aromatic N) is 3. The van der Waals surface area contributed by atoms with Crippen LogP contribution >= 0.6 is 24.0 Å². The molecule has 2 aliphatic rings. The molecule has 0 unspecified atom stereocenters. The Bertz CT molecular complexity index is 1020. The van der Waals surface area contributed by atoms with Crippen LogP contribution in [0.15, 0.2) is 70.2 Å². The molecule has 6 nitrogen and oxygen atoms in total. The lowest BCUT2D eigenvalue weighted by Gasteiger charge is -2.23. The third-order valence-corrected chi connectivity index (χ3v) is 6.33. The van der Waals surface area contributed by atoms with E-state index in [1.54, 1.807) is 4.90 Å². The number of fused-ring (bicyclic) bond motifs is 1. The molecule has 0 aliphatic carbocycles. The third-order valence-electron chi connectivity index (χ3n) is 4.75. The molecule has 148 valence electrons. The summed E-state index contributed by atoms with van der Waals surface area (Å²) in [7, 11) is 1.32. The molecule has 0 atom stereocenters. The fourth-order valence-corrected chi connectivity index (χ4v) is 5.02. The van der Waals surface area contributed by atoms with Gasteiger partial charge in [-0.05, 0) is 43.4 Å². The quantitative estimate of drug-likeness (QED) is 0.421. The van der Waals surface area contributed by atoms with Gasteiger partial charge in [0.05, 0.1) is 18.5 Å². The van der Waals surface area contributed by atoms with Crippen LogP contribution in [0.3, 0.4) is 0 Å². The fourth-order valence-electron chi connectivity index (χ4n) is 3.40. The number of hydrogen-bond donors (Lipinski definition) is 0. The normalized spacial score (nSPS) is 18.5. The van der Waals surface area contributed by atoms with E-state index in [4.69, 9.17) is 17.0 Å². The topological polar surface area (TPSA) is 53.1 Å². The van der Waals surface area contributed by atoms with Crippen LogP contribution in [0.5, 0.6) is 0 Å². The molecule has 0 N–H and O–H groups in total. The number of para-hydroxylation sites is 2. The first-order chi connectivity index (χ1) is 14.1. The Morgan fingerprint density at radius 2 is 1.76 bits per heavy atom. The lowest BCUT2D eigenvalue weighted by molar-refractivity contribution is -0.140. The summed E-state index contributed by atoms with van der Waals surface area (Å²) in [5.74, 6) is -0.712. The van der Waals surface area contributed by atoms with E-state index in [2.05, 4.69) is 4.90 Å². The molecule has 2 aromatic rings. The van der Waals surface area contributed by atoms with Crippen LogP contribution < -0.4 is 9.80 Å². The maximum Gasteiger partial charge on any atom is 0.325 e. The highest BCUT2D eigenvalue weighted by molar-refractivity contribution is 8.03. The fraction of sp³-hybridized carbons (Fsp3) is 0.190. The number of carbonyl (C=O) groups excluding carboxylic acids is 2. The first-order valence-electron chi connectivity index (χ1n) is 9.13. The van der Waals surface area contributed by atoms with Gasteiger partial charge in [0.25, 0.3) is 5.91 Å². The van der Waals surface area contributed by atoms with Gasteiger partial charge in [-0.2, -0.15) is 0 Å². The van der Waals surface area contributed by atoms with Crippen molar-refractivity contribution in [1.82, 2.24) is 4.90 Å². The molecule has 2 aliphatic heterocycles. The molecule has 4 rings (SSSR count). The van der Waals surface area contributed by atoms with E-state index in [-0.39, 0.29) is 17.6 Å². The van der Waals surface area contributed by atoms with Crippen molar-refractivity contribution in [2.75, 3.05) is 30.0 Å². The number of thioether (sulfide) groups is 1. The van der Waals surface area contributed by atoms with Gasteiger partial charge in [-0.25, -0.2) is 0 Å². The molecule has 2 aromatic carbocycles. The van der Waals surface area contributed by atoms with Crippen LogP contribution in [0.4, 0.5) is 11.4 Å². The third kappa shape index (κ3) is 3.28. The van der Waals surface area contributed by atoms with Crippen LogP contribution in [0.1, 0.15) is 6.92 Å². The lowest BCUT2D eigenvalue weighted by Crippen LogP contribution is -2.36. The van der Waals surface area contributed by atoms with Crippen molar-refractivity contribution in [3.8, 4) is 0 Å². The van der Waals surface area contributed by atoms with Crippen LogP contribution in [0, 0.1) is 0 Å². The van der Waals surface area contributed by atoms with E-state index in [9.17, 15) is 9.59 Å². The van der Waals surface area contributed by atoms with Gasteiger partial charge in [0, 0.05) is 11.4 Å². The summed E-state index contributed by atoms with van der Waals surface area (Å²) in [5, 5.41) is 1.03. The summed E-state index contributed by atoms with van der Waals surface area (Å²) in [5.41, 5.74) is 2.10. The SMILES string of the molecule is CCN1C(=C2C(=O)N(c3ccccc3)C(=S)N2CC(=O)OC)Sc2ccccc21. The average molecular weight is 426 g/mol. The van der Waals surface area contributed by atoms with Crippen LogP contribution in [-0.4, -0.2) is 42.1 Å². The molecule has 0 bridgehead atoms. The van der Waals surface area contributed by atoms with Gasteiger partial charge in [-0.1, -0.05) is 42.1 Å². The zero-order valence-corrected chi connectivity index (χ0v) is 17.6. The Hall–Kier alpha value is -2.84. The lowest BCUT2D eigenvalue weighted by atomic mass is 10.2. The minimum Gasteiger partial charge on any atom is -0.468 e. The van der Waals surface area contributed by atoms with E-state index in [1.165, 1.54) is 23.8 Å². The maximum absolute atomic E-state index is 13.5. The van der Waals surface area contributed by atoms with E-state index in [0.29, 0.717) is 17.9 Å². The average Bonchev–Trinajstić information content (AvgIpc) is 3.22. The summed E-state index contributed by atoms with van der Waals surface area (Å²) in [6.45, 7) is 2.58. The molecule has 1 fully saturated rings. The Balaban J connectivity index is 1.85. The van der Waals surface area contributed by atoms with Crippen molar-refractivity contribution < 1.29 is 14.3 Å². The van der Waals surface area contributed by atoms with E-state index in [0.717, 1.165) is 15.6 Å². The van der Waals surface area contributed by atoms with Gasteiger partial charge in [-0.3, -0.25) is 19.4 Å². The molecule has 1 saturated heterocycles. The molecule has 0 aromatic heterocycles. The summed E-state index contributed by atoms with van der Waals surface area (Å²) in [6.07, 6.45) is 0. The van der Waals surface area contributed by atoms with Gasteiger partial charge in [0.1, 0.15) is 17.3 Å². The molecular weight excluding hydrogens is 406 g/mol. The number of esters is 1. The van der Waals surface area contributed by atoms with E-state index in [1.807, 2.05) is 61.5 Å². The van der Waals surface area contributed by atoms with Gasteiger partial charge < -0.3 is 9.64 Å². The summed E-state index contributed by atoms with van der Waals surface area (Å²) in [6, 6.07) is 17.2. The highest BCUT2D eigenvalue weighted by atomic mass is 32.2. The monoisotopic (exact) mass is 425 g/mol. The summed E-state index contributed by atoms with van der Waals surface area (Å²) in [4.78, 5) is 31.8. The van der Waals surface area contributed by atoms with Gasteiger partial charge in [-0.15, -0.1) is 0 Å². The number of carbonyl (C=O) groups is 2. The Kier molecular flexibility index (Phi) is 5.29. The number of rotatable bonds is 4. The highest BCUT2D eigenvalue weighted by Crippen LogP contribution is 2.48. The molecule has 0 saturated carbocycles. The van der Waals surface area contributed by atoms with Crippen LogP contribution in [0.25, 0.3) is 0 Å². The first-order valence-corrected chi connectivity index (χ1v) is 10.4. The largest absolute Gasteiger partial charge is 0.468 e. The van der Waals surface area contributed by atoms with Crippen molar-refractivity contribution in [2.24, 2.45) is 0 Å². The zero-order valence-electron chi connectivity index (χ0n) is 16.0. The van der Waals surface area contributed by atoms with Crippen LogP contribution in [0.2, 0.25) is 0 Å². The Morgan fingerprint density at radius 1 is 1.07 bits per heavy atom. The molecular formula is C21H19N3O3S2. The number of ether oxygens (including phenoxy) is 1. The minimum atomic E-state index is -0.461. The number of hydrogen-bond acceptors (Lipinski definition) is 6. The summed E-state index contributed by atoms with van der Waals surface area (Å²) < 4.78 is 4.85. The van der Waals surface area contributed by atoms with E-state index >= 15 is 0 Å². The van der Waals surface area contributed by atoms with Gasteiger partial charge >= 0.3 is 5.97 Å². The smallest absolute Gasteiger partial charge is 0.325 e. The minimum absolute atomic E-state index is 0.127. The Morgan fingerprint density at radius 3 is 2.45 bits per heavy atom. The molecule has 2 heterocycles. The second kappa shape index (κ2) is 7.88. The van der Waals surface area contributed by atoms with Crippen LogP contribution in [-0.2, 0) is 14.3 Å². The first kappa shape index (κ1) is 19.5. The number of thiocarbonyl (C=S) groups is 1. The molecule has 1 amide bonds. The van der Waals surface area contributed by atoms with Gasteiger partial charge in [0.2, 0.25) is 0 Å². The molecule has 0 spiro atoms. The predicted molar refractivity (Wildman–Crippen MR) is 118 cm³/mol. The second-order valence-electron chi connectivity index (χ2n) is 6.39. The highest BCUT2D eigenvalue weighted by Gasteiger charge is 2.44. The second-order valence-corrected chi connectivity index (χ2v) is 7.78. The van der Waals surface area contributed by atoms with Crippen molar-refractivity contribution in [2.45, 2.75) is 11.8 Å². The van der Waals surface area contributed by atoms with Gasteiger partial charge in [0.15, 0.2) is 5.11 Å². The van der Waals surface area contributed by atoms with Crippen molar-refractivity contribution in [3.05, 3.63) is 65.3 Å². The number of benzene rings is 2. The maximum atomic E-state index is 13.5. The number of anilines is 2. The predicted octanol–water partition coefficient (Wildman–Crippen LogP) is 3.59. The summed E-state index contributed by atoms with van der Waals surface area (Å²) >= 11 is 7.13. The molecule has 0 radical (unpaired) electrons. The van der Waals surface area contributed by atoms with E-state index < -0.39 is 5.97 Å². The van der Waals surface area contributed by atoms with Crippen molar-refractivity contribution >= 4 is 52.3 Å². The number of methoxy groups -OCH3 is 1. The number of amides is 1. The van der Waals surface area contributed by atoms with Crippen molar-refractivity contribution in [1.29, 1.82) is 0 Å². The Labute approximate surface area is 178 Å². The molecule has 8 heteroatoms. The zero-order chi connectivity index (χ0) is 20.5.